The van der Waals surface area contributed by atoms with Crippen LogP contribution in [0.2, 0.25) is 0 Å². The molecule has 0 aliphatic carbocycles. The average molecular weight is 268 g/mol. The minimum absolute atomic E-state index is 0.0375. The number of carbonyl (C=O) groups is 1. The maximum atomic E-state index is 11.5. The van der Waals surface area contributed by atoms with Crippen LogP contribution in [0.25, 0.3) is 10.9 Å². The summed E-state index contributed by atoms with van der Waals surface area (Å²) in [6, 6.07) is 4.52. The number of aromatic nitrogens is 1. The number of rotatable bonds is 3. The molecule has 0 amide bonds. The Kier molecular flexibility index (Phi) is 2.78. The first kappa shape index (κ1) is 12.4. The third kappa shape index (κ3) is 2.04. The number of benzene rings is 1. The van der Waals surface area contributed by atoms with Crippen LogP contribution in [0, 0.1) is 0 Å². The van der Waals surface area contributed by atoms with E-state index in [-0.39, 0.29) is 5.56 Å². The summed E-state index contributed by atoms with van der Waals surface area (Å²) in [7, 11) is -2.05. The Morgan fingerprint density at radius 1 is 1.39 bits per heavy atom. The Morgan fingerprint density at radius 3 is 2.61 bits per heavy atom. The number of sulfonamides is 1. The van der Waals surface area contributed by atoms with E-state index in [0.29, 0.717) is 16.6 Å². The van der Waals surface area contributed by atoms with E-state index in [9.17, 15) is 13.2 Å². The molecule has 1 aromatic heterocycles. The first-order chi connectivity index (χ1) is 8.30. The van der Waals surface area contributed by atoms with E-state index < -0.39 is 16.0 Å². The van der Waals surface area contributed by atoms with Crippen LogP contribution in [-0.4, -0.2) is 37.8 Å². The highest BCUT2D eigenvalue weighted by Gasteiger charge is 2.18. The fourth-order valence-corrected chi connectivity index (χ4v) is 2.22. The van der Waals surface area contributed by atoms with Gasteiger partial charge >= 0.3 is 5.97 Å². The van der Waals surface area contributed by atoms with Crippen molar-refractivity contribution >= 4 is 32.6 Å². The normalized spacial score (nSPS) is 11.7. The summed E-state index contributed by atoms with van der Waals surface area (Å²) in [5, 5.41) is 9.67. The highest BCUT2D eigenvalue weighted by molar-refractivity contribution is 7.92. The molecular formula is C11H12N2O4S. The molecule has 0 bridgehead atoms. The van der Waals surface area contributed by atoms with Crippen molar-refractivity contribution in [2.45, 2.75) is 0 Å². The van der Waals surface area contributed by atoms with E-state index in [2.05, 4.69) is 4.98 Å². The molecule has 18 heavy (non-hydrogen) atoms. The second-order valence-corrected chi connectivity index (χ2v) is 5.98. The molecular weight excluding hydrogens is 256 g/mol. The summed E-state index contributed by atoms with van der Waals surface area (Å²) in [5.74, 6) is -1.10. The van der Waals surface area contributed by atoms with Crippen molar-refractivity contribution in [1.29, 1.82) is 0 Å². The smallest absolute Gasteiger partial charge is 0.335 e. The zero-order valence-electron chi connectivity index (χ0n) is 9.84. The number of H-pyrrole nitrogens is 1. The number of nitrogens with one attached hydrogen (secondary N) is 1. The van der Waals surface area contributed by atoms with Crippen LogP contribution in [-0.2, 0) is 10.0 Å². The van der Waals surface area contributed by atoms with Crippen molar-refractivity contribution in [2.75, 3.05) is 17.6 Å². The Balaban J connectivity index is 2.75. The molecule has 0 saturated heterocycles. The molecule has 2 N–H and O–H groups in total. The quantitative estimate of drug-likeness (QED) is 0.876. The lowest BCUT2D eigenvalue weighted by Crippen LogP contribution is -2.25. The fourth-order valence-electron chi connectivity index (χ4n) is 1.71. The van der Waals surface area contributed by atoms with Gasteiger partial charge in [-0.3, -0.25) is 4.31 Å². The second kappa shape index (κ2) is 4.02. The van der Waals surface area contributed by atoms with Crippen LogP contribution in [0.15, 0.2) is 24.4 Å². The van der Waals surface area contributed by atoms with Crippen molar-refractivity contribution < 1.29 is 18.3 Å². The van der Waals surface area contributed by atoms with Gasteiger partial charge in [0.1, 0.15) is 0 Å². The molecule has 1 aromatic carbocycles. The van der Waals surface area contributed by atoms with Crippen molar-refractivity contribution in [1.82, 2.24) is 4.98 Å². The van der Waals surface area contributed by atoms with Crippen molar-refractivity contribution in [3.63, 3.8) is 0 Å². The van der Waals surface area contributed by atoms with Crippen LogP contribution < -0.4 is 4.31 Å². The summed E-state index contributed by atoms with van der Waals surface area (Å²) in [6.45, 7) is 0. The predicted molar refractivity (Wildman–Crippen MR) is 68.5 cm³/mol. The number of hydrogen-bond donors (Lipinski definition) is 2. The Bertz CT molecular complexity index is 718. The molecule has 6 nitrogen and oxygen atoms in total. The number of carboxylic acid groups (broad SMARTS) is 1. The molecule has 96 valence electrons. The van der Waals surface area contributed by atoms with Gasteiger partial charge < -0.3 is 10.1 Å². The fraction of sp³-hybridized carbons (Fsp3) is 0.182. The summed E-state index contributed by atoms with van der Waals surface area (Å²) in [4.78, 5) is 13.9. The van der Waals surface area contributed by atoms with E-state index in [1.807, 2.05) is 0 Å². The predicted octanol–water partition coefficient (Wildman–Crippen LogP) is 1.26. The van der Waals surface area contributed by atoms with Crippen molar-refractivity contribution in [3.8, 4) is 0 Å². The topological polar surface area (TPSA) is 90.5 Å². The largest absolute Gasteiger partial charge is 0.478 e. The van der Waals surface area contributed by atoms with Crippen LogP contribution in [0.1, 0.15) is 10.4 Å². The van der Waals surface area contributed by atoms with E-state index in [0.717, 1.165) is 10.6 Å². The lowest BCUT2D eigenvalue weighted by Gasteiger charge is -2.18. The standard InChI is InChI=1S/C11H12N2O4S/c1-13(18(2,16)17)10-6-7(11(14)15)5-9-8(10)3-4-12-9/h3-6,12H,1-2H3,(H,14,15). The minimum atomic E-state index is -3.44. The third-order valence-corrected chi connectivity index (χ3v) is 3.92. The lowest BCUT2D eigenvalue weighted by atomic mass is 10.1. The summed E-state index contributed by atoms with van der Waals surface area (Å²) in [6.07, 6.45) is 2.70. The molecule has 0 atom stereocenters. The number of carboxylic acids is 1. The Morgan fingerprint density at radius 2 is 2.06 bits per heavy atom. The van der Waals surface area contributed by atoms with Crippen molar-refractivity contribution in [2.24, 2.45) is 0 Å². The van der Waals surface area contributed by atoms with Gasteiger partial charge in [-0.05, 0) is 18.2 Å². The van der Waals surface area contributed by atoms with E-state index >= 15 is 0 Å². The second-order valence-electron chi connectivity index (χ2n) is 3.97. The first-order valence-electron chi connectivity index (χ1n) is 5.09. The number of nitrogens with zero attached hydrogens (tertiary/aromatic N) is 1. The van der Waals surface area contributed by atoms with Gasteiger partial charge in [-0.1, -0.05) is 0 Å². The van der Waals surface area contributed by atoms with Gasteiger partial charge in [0.2, 0.25) is 10.0 Å². The van der Waals surface area contributed by atoms with E-state index in [1.165, 1.54) is 19.2 Å². The zero-order valence-corrected chi connectivity index (χ0v) is 10.7. The summed E-state index contributed by atoms with van der Waals surface area (Å²) in [5.41, 5.74) is 0.963. The van der Waals surface area contributed by atoms with Gasteiger partial charge in [-0.15, -0.1) is 0 Å². The molecule has 2 aromatic rings. The molecule has 0 radical (unpaired) electrons. The molecule has 0 aliphatic rings. The zero-order chi connectivity index (χ0) is 13.5. The maximum absolute atomic E-state index is 11.5. The monoisotopic (exact) mass is 268 g/mol. The molecule has 0 unspecified atom stereocenters. The van der Waals surface area contributed by atoms with Crippen molar-refractivity contribution in [3.05, 3.63) is 30.0 Å². The Labute approximate surface area is 104 Å². The van der Waals surface area contributed by atoms with Crippen LogP contribution >= 0.6 is 0 Å². The van der Waals surface area contributed by atoms with Gasteiger partial charge in [0.15, 0.2) is 0 Å². The number of anilines is 1. The molecule has 0 fully saturated rings. The van der Waals surface area contributed by atoms with Crippen LogP contribution in [0.3, 0.4) is 0 Å². The molecule has 0 spiro atoms. The number of aromatic carboxylic acids is 1. The molecule has 2 rings (SSSR count). The summed E-state index contributed by atoms with van der Waals surface area (Å²) < 4.78 is 24.2. The average Bonchev–Trinajstić information content (AvgIpc) is 2.73. The SMILES string of the molecule is CN(c1cc(C(=O)O)cc2[nH]ccc12)S(C)(=O)=O. The number of fused-ring (bicyclic) bond motifs is 1. The maximum Gasteiger partial charge on any atom is 0.335 e. The number of aromatic amines is 1. The first-order valence-corrected chi connectivity index (χ1v) is 6.94. The van der Waals surface area contributed by atoms with Gasteiger partial charge in [0, 0.05) is 24.1 Å². The lowest BCUT2D eigenvalue weighted by molar-refractivity contribution is 0.0697. The van der Waals surface area contributed by atoms with Crippen LogP contribution in [0.5, 0.6) is 0 Å². The molecule has 1 heterocycles. The highest BCUT2D eigenvalue weighted by atomic mass is 32.2. The molecule has 7 heteroatoms. The van der Waals surface area contributed by atoms with Gasteiger partial charge in [-0.2, -0.15) is 0 Å². The van der Waals surface area contributed by atoms with Crippen LogP contribution in [0.4, 0.5) is 5.69 Å². The Hall–Kier alpha value is -2.02. The molecule has 0 saturated carbocycles. The van der Waals surface area contributed by atoms with Gasteiger partial charge in [0.05, 0.1) is 17.5 Å². The summed E-state index contributed by atoms with van der Waals surface area (Å²) >= 11 is 0. The highest BCUT2D eigenvalue weighted by Crippen LogP contribution is 2.28. The molecule has 0 aliphatic heterocycles. The van der Waals surface area contributed by atoms with Gasteiger partial charge in [-0.25, -0.2) is 13.2 Å². The number of hydrogen-bond acceptors (Lipinski definition) is 3. The van der Waals surface area contributed by atoms with E-state index in [1.54, 1.807) is 12.3 Å². The van der Waals surface area contributed by atoms with Gasteiger partial charge in [0.25, 0.3) is 0 Å². The third-order valence-electron chi connectivity index (χ3n) is 2.73. The minimum Gasteiger partial charge on any atom is -0.478 e. The van der Waals surface area contributed by atoms with E-state index in [4.69, 9.17) is 5.11 Å².